The molecule has 0 saturated carbocycles. The van der Waals surface area contributed by atoms with Crippen LogP contribution in [0, 0.1) is 0 Å². The molecule has 1 aromatic heterocycles. The van der Waals surface area contributed by atoms with Crippen molar-refractivity contribution in [3.8, 4) is 0 Å². The number of primary amides is 1. The normalized spacial score (nSPS) is 16.9. The number of amides is 2. The molecule has 1 aliphatic heterocycles. The molecule has 1 aliphatic rings. The fraction of sp³-hybridized carbons (Fsp3) is 0.455. The molecule has 2 heterocycles. The molecule has 92 valence electrons. The second-order valence-corrected chi connectivity index (χ2v) is 4.44. The van der Waals surface area contributed by atoms with Crippen molar-refractivity contribution in [3.63, 3.8) is 0 Å². The van der Waals surface area contributed by atoms with Crippen molar-refractivity contribution in [2.75, 3.05) is 18.4 Å². The molecule has 0 spiro atoms. The van der Waals surface area contributed by atoms with Gasteiger partial charge in [0.1, 0.15) is 0 Å². The first-order valence-corrected chi connectivity index (χ1v) is 5.96. The highest BCUT2D eigenvalue weighted by Gasteiger charge is 2.21. The van der Waals surface area contributed by atoms with Gasteiger partial charge in [0.2, 0.25) is 0 Å². The molecule has 3 N–H and O–H groups in total. The van der Waals surface area contributed by atoms with E-state index >= 15 is 0 Å². The number of nitrogens with one attached hydrogen (secondary N) is 1. The molecule has 0 aromatic carbocycles. The maximum Gasteiger partial charge on any atom is 0.314 e. The van der Waals surface area contributed by atoms with Crippen molar-refractivity contribution in [3.05, 3.63) is 23.5 Å². The summed E-state index contributed by atoms with van der Waals surface area (Å²) in [5.41, 5.74) is 6.06. The Bertz CT molecular complexity index is 404. The summed E-state index contributed by atoms with van der Waals surface area (Å²) in [6.07, 6.45) is 3.39. The zero-order chi connectivity index (χ0) is 12.3. The second-order valence-electron chi connectivity index (χ2n) is 4.09. The maximum atomic E-state index is 11.0. The van der Waals surface area contributed by atoms with Gasteiger partial charge in [-0.15, -0.1) is 0 Å². The fourth-order valence-corrected chi connectivity index (χ4v) is 2.13. The number of carbonyl (C=O) groups is 1. The largest absolute Gasteiger partial charge is 0.380 e. The van der Waals surface area contributed by atoms with Crippen molar-refractivity contribution >= 4 is 23.3 Å². The minimum Gasteiger partial charge on any atom is -0.380 e. The summed E-state index contributed by atoms with van der Waals surface area (Å²) in [6, 6.07) is 3.71. The number of nitrogens with two attached hydrogens (primary N) is 1. The van der Waals surface area contributed by atoms with Gasteiger partial charge in [-0.25, -0.2) is 9.78 Å². The first kappa shape index (κ1) is 12.0. The van der Waals surface area contributed by atoms with Gasteiger partial charge in [-0.3, -0.25) is 0 Å². The lowest BCUT2D eigenvalue weighted by molar-refractivity contribution is 0.193. The zero-order valence-electron chi connectivity index (χ0n) is 9.40. The summed E-state index contributed by atoms with van der Waals surface area (Å²) < 4.78 is 0. The van der Waals surface area contributed by atoms with Crippen LogP contribution in [-0.4, -0.2) is 35.0 Å². The number of hydrogen-bond donors (Lipinski definition) is 2. The third-order valence-electron chi connectivity index (χ3n) is 2.93. The molecular weight excluding hydrogens is 240 g/mol. The van der Waals surface area contributed by atoms with Gasteiger partial charge in [0.05, 0.1) is 5.69 Å². The molecule has 6 heteroatoms. The van der Waals surface area contributed by atoms with Crippen LogP contribution in [0.1, 0.15) is 12.8 Å². The average molecular weight is 255 g/mol. The van der Waals surface area contributed by atoms with E-state index in [-0.39, 0.29) is 6.03 Å². The topological polar surface area (TPSA) is 71.2 Å². The highest BCUT2D eigenvalue weighted by Crippen LogP contribution is 2.21. The third-order valence-corrected chi connectivity index (χ3v) is 3.23. The van der Waals surface area contributed by atoms with Gasteiger partial charge in [-0.1, -0.05) is 11.6 Å². The number of nitrogens with zero attached hydrogens (tertiary/aromatic N) is 2. The minimum atomic E-state index is -0.345. The van der Waals surface area contributed by atoms with E-state index in [2.05, 4.69) is 10.3 Å². The summed E-state index contributed by atoms with van der Waals surface area (Å²) in [7, 11) is 0. The summed E-state index contributed by atoms with van der Waals surface area (Å²) in [4.78, 5) is 16.6. The molecule has 1 saturated heterocycles. The van der Waals surface area contributed by atoms with Crippen LogP contribution in [0.25, 0.3) is 0 Å². The average Bonchev–Trinajstić information content (AvgIpc) is 2.33. The van der Waals surface area contributed by atoms with Crippen molar-refractivity contribution in [2.24, 2.45) is 5.73 Å². The Kier molecular flexibility index (Phi) is 3.68. The first-order chi connectivity index (χ1) is 8.16. The Morgan fingerprint density at radius 2 is 2.24 bits per heavy atom. The van der Waals surface area contributed by atoms with Gasteiger partial charge in [0, 0.05) is 25.3 Å². The van der Waals surface area contributed by atoms with Crippen molar-refractivity contribution in [1.82, 2.24) is 9.88 Å². The Morgan fingerprint density at radius 1 is 1.53 bits per heavy atom. The third kappa shape index (κ3) is 3.00. The van der Waals surface area contributed by atoms with Crippen LogP contribution in [0.4, 0.5) is 10.5 Å². The van der Waals surface area contributed by atoms with Crippen LogP contribution in [0.2, 0.25) is 5.15 Å². The van der Waals surface area contributed by atoms with E-state index in [0.29, 0.717) is 24.3 Å². The first-order valence-electron chi connectivity index (χ1n) is 5.58. The molecule has 2 rings (SSSR count). The van der Waals surface area contributed by atoms with Crippen LogP contribution in [0.15, 0.2) is 18.3 Å². The Hall–Kier alpha value is -1.49. The monoisotopic (exact) mass is 254 g/mol. The van der Waals surface area contributed by atoms with Gasteiger partial charge in [-0.2, -0.15) is 0 Å². The van der Waals surface area contributed by atoms with Crippen LogP contribution < -0.4 is 11.1 Å². The van der Waals surface area contributed by atoms with Gasteiger partial charge < -0.3 is 16.0 Å². The second kappa shape index (κ2) is 5.23. The van der Waals surface area contributed by atoms with Gasteiger partial charge in [0.25, 0.3) is 0 Å². The molecule has 0 bridgehead atoms. The molecule has 0 radical (unpaired) electrons. The molecule has 2 amide bonds. The molecule has 0 aliphatic carbocycles. The molecule has 0 atom stereocenters. The number of rotatable bonds is 2. The van der Waals surface area contributed by atoms with Crippen LogP contribution in [-0.2, 0) is 0 Å². The fourth-order valence-electron chi connectivity index (χ4n) is 1.96. The van der Waals surface area contributed by atoms with Gasteiger partial charge >= 0.3 is 6.03 Å². The molecule has 1 aromatic rings. The standard InChI is InChI=1S/C11H15ClN4O/c12-10-9(2-1-5-14-10)15-8-3-6-16(7-4-8)11(13)17/h1-2,5,8,15H,3-4,6-7H2,(H2,13,17). The summed E-state index contributed by atoms with van der Waals surface area (Å²) >= 11 is 5.96. The number of halogens is 1. The molecule has 0 unspecified atom stereocenters. The Balaban J connectivity index is 1.90. The van der Waals surface area contributed by atoms with E-state index in [4.69, 9.17) is 17.3 Å². The lowest BCUT2D eigenvalue weighted by Gasteiger charge is -2.31. The van der Waals surface area contributed by atoms with Crippen LogP contribution in [0.3, 0.4) is 0 Å². The lowest BCUT2D eigenvalue weighted by atomic mass is 10.1. The molecular formula is C11H15ClN4O. The molecule has 17 heavy (non-hydrogen) atoms. The minimum absolute atomic E-state index is 0.312. The molecule has 1 fully saturated rings. The number of hydrogen-bond acceptors (Lipinski definition) is 3. The van der Waals surface area contributed by atoms with Crippen molar-refractivity contribution < 1.29 is 4.79 Å². The number of anilines is 1. The lowest BCUT2D eigenvalue weighted by Crippen LogP contribution is -2.44. The number of urea groups is 1. The van der Waals surface area contributed by atoms with E-state index in [1.54, 1.807) is 11.1 Å². The highest BCUT2D eigenvalue weighted by atomic mass is 35.5. The van der Waals surface area contributed by atoms with Crippen LogP contribution >= 0.6 is 11.6 Å². The van der Waals surface area contributed by atoms with E-state index in [9.17, 15) is 4.79 Å². The highest BCUT2D eigenvalue weighted by molar-refractivity contribution is 6.31. The predicted octanol–water partition coefficient (Wildman–Crippen LogP) is 1.69. The number of likely N-dealkylation sites (tertiary alicyclic amines) is 1. The van der Waals surface area contributed by atoms with E-state index in [1.807, 2.05) is 12.1 Å². The van der Waals surface area contributed by atoms with E-state index in [0.717, 1.165) is 18.5 Å². The van der Waals surface area contributed by atoms with E-state index in [1.165, 1.54) is 0 Å². The van der Waals surface area contributed by atoms with Crippen molar-refractivity contribution in [1.29, 1.82) is 0 Å². The summed E-state index contributed by atoms with van der Waals surface area (Å²) in [5.74, 6) is 0. The predicted molar refractivity (Wildman–Crippen MR) is 67.0 cm³/mol. The summed E-state index contributed by atoms with van der Waals surface area (Å²) in [6.45, 7) is 1.37. The van der Waals surface area contributed by atoms with Gasteiger partial charge in [-0.05, 0) is 25.0 Å². The van der Waals surface area contributed by atoms with Crippen molar-refractivity contribution in [2.45, 2.75) is 18.9 Å². The number of carbonyl (C=O) groups excluding carboxylic acids is 1. The number of aromatic nitrogens is 1. The number of pyridine rings is 1. The number of piperidine rings is 1. The Morgan fingerprint density at radius 3 is 2.82 bits per heavy atom. The maximum absolute atomic E-state index is 11.0. The zero-order valence-corrected chi connectivity index (χ0v) is 10.2. The smallest absolute Gasteiger partial charge is 0.314 e. The SMILES string of the molecule is NC(=O)N1CCC(Nc2cccnc2Cl)CC1. The molecule has 5 nitrogen and oxygen atoms in total. The van der Waals surface area contributed by atoms with Gasteiger partial charge in [0.15, 0.2) is 5.15 Å². The Labute approximate surface area is 105 Å². The van der Waals surface area contributed by atoms with Crippen LogP contribution in [0.5, 0.6) is 0 Å². The quantitative estimate of drug-likeness (QED) is 0.789. The summed E-state index contributed by atoms with van der Waals surface area (Å²) in [5, 5.41) is 3.81. The van der Waals surface area contributed by atoms with E-state index < -0.39 is 0 Å².